The number of nitrogen functional groups attached to an aromatic ring is 1. The van der Waals surface area contributed by atoms with E-state index in [2.05, 4.69) is 38.6 Å². The molecule has 1 amide bonds. The van der Waals surface area contributed by atoms with Crippen LogP contribution < -0.4 is 11.1 Å². The van der Waals surface area contributed by atoms with Crippen LogP contribution in [0.5, 0.6) is 0 Å². The zero-order valence-corrected chi connectivity index (χ0v) is 19.3. The summed E-state index contributed by atoms with van der Waals surface area (Å²) >= 11 is 0. The van der Waals surface area contributed by atoms with E-state index in [1.54, 1.807) is 0 Å². The molecule has 2 bridgehead atoms. The quantitative estimate of drug-likeness (QED) is 0.611. The maximum atomic E-state index is 13.0. The van der Waals surface area contributed by atoms with Crippen LogP contribution in [-0.4, -0.2) is 28.7 Å². The fourth-order valence-electron chi connectivity index (χ4n) is 5.33. The van der Waals surface area contributed by atoms with Crippen molar-refractivity contribution in [3.05, 3.63) is 92.7 Å². The Labute approximate surface area is 198 Å². The van der Waals surface area contributed by atoms with Gasteiger partial charge < -0.3 is 15.8 Å². The highest BCUT2D eigenvalue weighted by Crippen LogP contribution is 2.54. The van der Waals surface area contributed by atoms with Crippen LogP contribution >= 0.6 is 0 Å². The summed E-state index contributed by atoms with van der Waals surface area (Å²) in [5, 5.41) is 9.55. The van der Waals surface area contributed by atoms with Gasteiger partial charge in [-0.1, -0.05) is 24.3 Å². The van der Waals surface area contributed by atoms with Crippen molar-refractivity contribution < 1.29 is 9.53 Å². The second kappa shape index (κ2) is 7.95. The Kier molecular flexibility index (Phi) is 4.88. The van der Waals surface area contributed by atoms with Gasteiger partial charge in [0.05, 0.1) is 6.54 Å². The van der Waals surface area contributed by atoms with Crippen molar-refractivity contribution in [1.82, 2.24) is 15.3 Å². The van der Waals surface area contributed by atoms with Gasteiger partial charge in [0.2, 0.25) is 0 Å². The largest absolute Gasteiger partial charge is 0.384 e. The molecular formula is C27H27N5O2. The van der Waals surface area contributed by atoms with Crippen LogP contribution in [0.25, 0.3) is 0 Å². The summed E-state index contributed by atoms with van der Waals surface area (Å²) in [5.74, 6) is 0.386. The van der Waals surface area contributed by atoms with Gasteiger partial charge in [-0.05, 0) is 71.0 Å². The molecule has 34 heavy (non-hydrogen) atoms. The van der Waals surface area contributed by atoms with Gasteiger partial charge in [0.1, 0.15) is 18.0 Å². The number of anilines is 1. The normalized spacial score (nSPS) is 19.4. The highest BCUT2D eigenvalue weighted by molar-refractivity contribution is 5.94. The van der Waals surface area contributed by atoms with Crippen molar-refractivity contribution in [2.75, 3.05) is 12.3 Å². The number of carbonyl (C=O) groups is 1. The molecule has 3 N–H and O–H groups in total. The molecule has 3 aliphatic heterocycles. The summed E-state index contributed by atoms with van der Waals surface area (Å²) in [6.45, 7) is 6.07. The van der Waals surface area contributed by atoms with E-state index in [0.29, 0.717) is 17.9 Å². The number of pyridine rings is 1. The Balaban J connectivity index is 1.22. The standard InChI is InChI=1S/C27H27N5O2/c1-15-10-24(28)31-16(2)23(15)13-29-27(33)18-5-7-20-22(12-18)26-21-11-17(14-32-9-3-8-30-32)4-6-19(21)25(20)34-26/h4-8,10-12,25-26H,3,9,13-14H2,1-2H3,(H2,28,31)(H,29,33). The fraction of sp³-hybridized carbons (Fsp3) is 0.296. The van der Waals surface area contributed by atoms with E-state index in [-0.39, 0.29) is 18.1 Å². The van der Waals surface area contributed by atoms with Crippen LogP contribution in [0.1, 0.15) is 73.6 Å². The lowest BCUT2D eigenvalue weighted by Gasteiger charge is -2.19. The summed E-state index contributed by atoms with van der Waals surface area (Å²) in [7, 11) is 0. The zero-order chi connectivity index (χ0) is 23.4. The summed E-state index contributed by atoms with van der Waals surface area (Å²) in [4.78, 5) is 17.3. The highest BCUT2D eigenvalue weighted by Gasteiger charge is 2.43. The molecule has 0 spiro atoms. The summed E-state index contributed by atoms with van der Waals surface area (Å²) < 4.78 is 6.35. The lowest BCUT2D eigenvalue weighted by atomic mass is 9.84. The SMILES string of the molecule is Cc1cc(N)nc(C)c1CNC(=O)c1ccc2c(c1)C1OC2c2ccc(CN3CCC=N3)cc21. The number of carbonyl (C=O) groups excluding carboxylic acids is 1. The molecule has 2 unspecified atom stereocenters. The van der Waals surface area contributed by atoms with E-state index in [4.69, 9.17) is 10.5 Å². The molecule has 0 saturated heterocycles. The van der Waals surface area contributed by atoms with Gasteiger partial charge in [0.15, 0.2) is 0 Å². The molecule has 6 rings (SSSR count). The third kappa shape index (κ3) is 3.44. The predicted molar refractivity (Wildman–Crippen MR) is 130 cm³/mol. The first-order chi connectivity index (χ1) is 16.5. The van der Waals surface area contributed by atoms with E-state index in [1.807, 2.05) is 44.3 Å². The molecule has 4 heterocycles. The molecule has 2 atom stereocenters. The fourth-order valence-corrected chi connectivity index (χ4v) is 5.33. The van der Waals surface area contributed by atoms with Crippen LogP contribution in [0.15, 0.2) is 47.6 Å². The van der Waals surface area contributed by atoms with Gasteiger partial charge in [-0.3, -0.25) is 9.80 Å². The monoisotopic (exact) mass is 453 g/mol. The van der Waals surface area contributed by atoms with Crippen molar-refractivity contribution in [3.63, 3.8) is 0 Å². The molecule has 1 aromatic heterocycles. The number of hydrazone groups is 1. The lowest BCUT2D eigenvalue weighted by Crippen LogP contribution is -2.24. The first-order valence-corrected chi connectivity index (χ1v) is 11.7. The number of benzene rings is 2. The number of amides is 1. The minimum absolute atomic E-state index is 0.0582. The summed E-state index contributed by atoms with van der Waals surface area (Å²) in [5.41, 5.74) is 15.2. The molecule has 7 nitrogen and oxygen atoms in total. The topological polar surface area (TPSA) is 92.8 Å². The predicted octanol–water partition coefficient (Wildman–Crippen LogP) is 3.92. The Morgan fingerprint density at radius 2 is 1.85 bits per heavy atom. The van der Waals surface area contributed by atoms with Crippen molar-refractivity contribution in [2.45, 2.75) is 45.6 Å². The van der Waals surface area contributed by atoms with E-state index >= 15 is 0 Å². The maximum absolute atomic E-state index is 13.0. The van der Waals surface area contributed by atoms with E-state index < -0.39 is 0 Å². The number of aryl methyl sites for hydroxylation is 2. The second-order valence-electron chi connectivity index (χ2n) is 9.29. The second-order valence-corrected chi connectivity index (χ2v) is 9.29. The average molecular weight is 454 g/mol. The summed E-state index contributed by atoms with van der Waals surface area (Å²) in [6, 6.07) is 14.3. The van der Waals surface area contributed by atoms with Gasteiger partial charge in [0, 0.05) is 37.0 Å². The molecule has 2 aromatic carbocycles. The molecule has 7 heteroatoms. The van der Waals surface area contributed by atoms with Crippen molar-refractivity contribution >= 4 is 17.9 Å². The number of nitrogens with two attached hydrogens (primary N) is 1. The zero-order valence-electron chi connectivity index (χ0n) is 19.3. The Bertz CT molecular complexity index is 1330. The van der Waals surface area contributed by atoms with Crippen LogP contribution in [0.2, 0.25) is 0 Å². The van der Waals surface area contributed by atoms with Gasteiger partial charge in [-0.2, -0.15) is 5.10 Å². The molecule has 0 aliphatic carbocycles. The van der Waals surface area contributed by atoms with Crippen molar-refractivity contribution in [3.8, 4) is 0 Å². The summed E-state index contributed by atoms with van der Waals surface area (Å²) in [6.07, 6.45) is 2.78. The third-order valence-electron chi connectivity index (χ3n) is 7.03. The molecule has 3 aromatic rings. The number of rotatable bonds is 5. The molecule has 3 aliphatic rings. The first kappa shape index (κ1) is 20.9. The molecule has 172 valence electrons. The van der Waals surface area contributed by atoms with Gasteiger partial charge in [-0.15, -0.1) is 0 Å². The van der Waals surface area contributed by atoms with Gasteiger partial charge in [-0.25, -0.2) is 4.98 Å². The molecular weight excluding hydrogens is 426 g/mol. The number of nitrogens with one attached hydrogen (secondary N) is 1. The van der Waals surface area contributed by atoms with E-state index in [9.17, 15) is 4.79 Å². The first-order valence-electron chi connectivity index (χ1n) is 11.7. The lowest BCUT2D eigenvalue weighted by molar-refractivity contribution is 0.0857. The highest BCUT2D eigenvalue weighted by atomic mass is 16.5. The third-order valence-corrected chi connectivity index (χ3v) is 7.03. The van der Waals surface area contributed by atoms with Crippen LogP contribution in [0, 0.1) is 13.8 Å². The van der Waals surface area contributed by atoms with E-state index in [0.717, 1.165) is 47.5 Å². The molecule has 0 fully saturated rings. The number of nitrogens with zero attached hydrogens (tertiary/aromatic N) is 3. The number of hydrogen-bond acceptors (Lipinski definition) is 6. The Hall–Kier alpha value is -3.71. The van der Waals surface area contributed by atoms with Crippen LogP contribution in [0.4, 0.5) is 5.82 Å². The number of aromatic nitrogens is 1. The number of ether oxygens (including phenoxy) is 1. The minimum atomic E-state index is -0.129. The van der Waals surface area contributed by atoms with Crippen LogP contribution in [-0.2, 0) is 17.8 Å². The average Bonchev–Trinajstić information content (AvgIpc) is 3.54. The van der Waals surface area contributed by atoms with Gasteiger partial charge >= 0.3 is 0 Å². The molecule has 0 saturated carbocycles. The smallest absolute Gasteiger partial charge is 0.251 e. The maximum Gasteiger partial charge on any atom is 0.251 e. The number of hydrogen-bond donors (Lipinski definition) is 2. The Morgan fingerprint density at radius 3 is 2.62 bits per heavy atom. The van der Waals surface area contributed by atoms with Crippen molar-refractivity contribution in [2.24, 2.45) is 5.10 Å². The van der Waals surface area contributed by atoms with Gasteiger partial charge in [0.25, 0.3) is 5.91 Å². The van der Waals surface area contributed by atoms with Crippen LogP contribution in [0.3, 0.4) is 0 Å². The molecule has 0 radical (unpaired) electrons. The Morgan fingerprint density at radius 1 is 1.09 bits per heavy atom. The van der Waals surface area contributed by atoms with E-state index in [1.165, 1.54) is 16.7 Å². The minimum Gasteiger partial charge on any atom is -0.384 e. The number of fused-ring (bicyclic) bond motifs is 8. The van der Waals surface area contributed by atoms with Crippen molar-refractivity contribution in [1.29, 1.82) is 0 Å².